The Morgan fingerprint density at radius 1 is 1.05 bits per heavy atom. The monoisotopic (exact) mass is 610 g/mol. The number of hydrogen-bond donors (Lipinski definition) is 1. The second-order valence-electron chi connectivity index (χ2n) is 9.83. The third-order valence-electron chi connectivity index (χ3n) is 7.11. The maximum atomic E-state index is 13.6. The van der Waals surface area contributed by atoms with Gasteiger partial charge in [0.2, 0.25) is 0 Å². The summed E-state index contributed by atoms with van der Waals surface area (Å²) in [6.45, 7) is 5.70. The summed E-state index contributed by atoms with van der Waals surface area (Å²) in [6.07, 6.45) is -3.61. The third kappa shape index (κ3) is 6.36. The van der Waals surface area contributed by atoms with Crippen molar-refractivity contribution in [2.75, 3.05) is 31.7 Å². The van der Waals surface area contributed by atoms with E-state index in [0.29, 0.717) is 42.8 Å². The van der Waals surface area contributed by atoms with Crippen LogP contribution in [0.2, 0.25) is 0 Å². The molecular weight excluding hydrogens is 578 g/mol. The van der Waals surface area contributed by atoms with Gasteiger partial charge in [0.1, 0.15) is 12.4 Å². The van der Waals surface area contributed by atoms with Crippen LogP contribution in [0.1, 0.15) is 55.9 Å². The van der Waals surface area contributed by atoms with Crippen LogP contribution in [0.25, 0.3) is 6.08 Å². The number of aliphatic imine (C=N–C) groups is 1. The van der Waals surface area contributed by atoms with Crippen molar-refractivity contribution in [3.05, 3.63) is 76.1 Å². The zero-order valence-corrected chi connectivity index (χ0v) is 24.1. The quantitative estimate of drug-likeness (QED) is 0.364. The van der Waals surface area contributed by atoms with Crippen LogP contribution in [0.4, 0.5) is 32.0 Å². The number of anilines is 1. The Balaban J connectivity index is 0.00000207. The molecule has 1 saturated heterocycles. The minimum atomic E-state index is -5.05. The highest BCUT2D eigenvalue weighted by Crippen LogP contribution is 2.44. The number of oxime groups is 1. The van der Waals surface area contributed by atoms with Gasteiger partial charge in [-0.3, -0.25) is 4.99 Å². The number of halogens is 6. The minimum absolute atomic E-state index is 0.0394. The van der Waals surface area contributed by atoms with Gasteiger partial charge in [-0.15, -0.1) is 0 Å². The van der Waals surface area contributed by atoms with E-state index < -0.39 is 41.4 Å². The predicted molar refractivity (Wildman–Crippen MR) is 152 cm³/mol. The summed E-state index contributed by atoms with van der Waals surface area (Å²) < 4.78 is 87.0. The maximum absolute atomic E-state index is 13.6. The number of alkyl halides is 6. The highest BCUT2D eigenvalue weighted by molar-refractivity contribution is 6.03. The second kappa shape index (κ2) is 12.3. The smallest absolute Gasteiger partial charge is 0.416 e. The fraction of sp³-hybridized carbons (Fsp3) is 0.400. The van der Waals surface area contributed by atoms with E-state index in [1.54, 1.807) is 19.4 Å². The van der Waals surface area contributed by atoms with Crippen molar-refractivity contribution in [1.82, 2.24) is 4.90 Å². The number of aliphatic hydroxyl groups excluding tert-OH is 1. The van der Waals surface area contributed by atoms with E-state index in [-0.39, 0.29) is 18.4 Å². The molecule has 2 aromatic carbocycles. The molecule has 7 nitrogen and oxygen atoms in total. The first kappa shape index (κ1) is 31.9. The minimum Gasteiger partial charge on any atom is -0.495 e. The molecule has 1 N–H and O–H groups in total. The van der Waals surface area contributed by atoms with Crippen molar-refractivity contribution in [2.45, 2.75) is 51.7 Å². The molecule has 0 aromatic heterocycles. The zero-order valence-electron chi connectivity index (χ0n) is 24.1. The third-order valence-corrected chi connectivity index (χ3v) is 7.11. The molecule has 13 heteroatoms. The van der Waals surface area contributed by atoms with E-state index in [9.17, 15) is 31.4 Å². The lowest BCUT2D eigenvalue weighted by Gasteiger charge is -2.39. The molecular formula is C30H32F6N4O3. The van der Waals surface area contributed by atoms with Gasteiger partial charge in [0.25, 0.3) is 5.72 Å². The topological polar surface area (TPSA) is 69.9 Å². The number of allylic oxidation sites excluding steroid dienone is 1. The van der Waals surface area contributed by atoms with Gasteiger partial charge in [-0.2, -0.15) is 26.3 Å². The van der Waals surface area contributed by atoms with Crippen LogP contribution >= 0.6 is 0 Å². The highest BCUT2D eigenvalue weighted by atomic mass is 19.4. The lowest BCUT2D eigenvalue weighted by Crippen LogP contribution is -2.51. The summed E-state index contributed by atoms with van der Waals surface area (Å²) >= 11 is 0. The van der Waals surface area contributed by atoms with E-state index in [2.05, 4.69) is 10.1 Å². The predicted octanol–water partition coefficient (Wildman–Crippen LogP) is 7.18. The van der Waals surface area contributed by atoms with Crippen molar-refractivity contribution < 1.29 is 41.0 Å². The SMILES string of the molecule is CC.COc1cc(/C=C2\CCCN3C2=NOC3(CO)c2cc(C(F)(F)F)cc(C(F)(F)F)c2)ccc1N1C=C(C)N=CC1. The largest absolute Gasteiger partial charge is 0.495 e. The fourth-order valence-electron chi connectivity index (χ4n) is 5.15. The molecule has 3 heterocycles. The number of nitrogens with zero attached hydrogens (tertiary/aromatic N) is 4. The normalized spacial score (nSPS) is 21.0. The number of hydrogen-bond acceptors (Lipinski definition) is 7. The molecule has 232 valence electrons. The average molecular weight is 611 g/mol. The Labute approximate surface area is 245 Å². The van der Waals surface area contributed by atoms with Crippen molar-refractivity contribution in [3.63, 3.8) is 0 Å². The van der Waals surface area contributed by atoms with Gasteiger partial charge in [-0.1, -0.05) is 25.1 Å². The zero-order chi connectivity index (χ0) is 31.6. The van der Waals surface area contributed by atoms with Crippen LogP contribution in [0, 0.1) is 0 Å². The molecule has 0 bridgehead atoms. The molecule has 1 fully saturated rings. The summed E-state index contributed by atoms with van der Waals surface area (Å²) in [4.78, 5) is 13.2. The summed E-state index contributed by atoms with van der Waals surface area (Å²) in [5.74, 6) is 0.814. The van der Waals surface area contributed by atoms with Gasteiger partial charge < -0.3 is 24.5 Å². The lowest BCUT2D eigenvalue weighted by molar-refractivity contribution is -0.148. The summed E-state index contributed by atoms with van der Waals surface area (Å²) in [6, 6.07) is 6.71. The first-order valence-electron chi connectivity index (χ1n) is 13.7. The van der Waals surface area contributed by atoms with Gasteiger partial charge in [0.15, 0.2) is 5.84 Å². The molecule has 1 atom stereocenters. The molecule has 0 aliphatic carbocycles. The van der Waals surface area contributed by atoms with Crippen LogP contribution in [0.3, 0.4) is 0 Å². The van der Waals surface area contributed by atoms with Crippen LogP contribution < -0.4 is 9.64 Å². The average Bonchev–Trinajstić information content (AvgIpc) is 3.38. The van der Waals surface area contributed by atoms with Crippen LogP contribution in [0.5, 0.6) is 5.75 Å². The molecule has 0 saturated carbocycles. The van der Waals surface area contributed by atoms with E-state index in [1.165, 1.54) is 4.90 Å². The Hall–Kier alpha value is -4.00. The summed E-state index contributed by atoms with van der Waals surface area (Å²) in [5, 5.41) is 14.4. The first-order valence-corrected chi connectivity index (χ1v) is 13.7. The van der Waals surface area contributed by atoms with Crippen LogP contribution in [0.15, 0.2) is 64.0 Å². The number of fused-ring (bicyclic) bond motifs is 1. The van der Waals surface area contributed by atoms with Crippen molar-refractivity contribution in [3.8, 4) is 5.75 Å². The van der Waals surface area contributed by atoms with E-state index in [1.807, 2.05) is 50.1 Å². The maximum Gasteiger partial charge on any atom is 0.416 e. The van der Waals surface area contributed by atoms with Crippen LogP contribution in [-0.4, -0.2) is 48.9 Å². The molecule has 3 aliphatic heterocycles. The Morgan fingerprint density at radius 3 is 2.30 bits per heavy atom. The Bertz CT molecular complexity index is 1430. The van der Waals surface area contributed by atoms with E-state index in [0.717, 1.165) is 16.9 Å². The molecule has 43 heavy (non-hydrogen) atoms. The Morgan fingerprint density at radius 2 is 1.72 bits per heavy atom. The standard InChI is InChI=1S/C28H26F6N4O3.C2H6/c1-17-15-37(9-7-35-17)23-6-5-18(11-24(23)40-2)10-19-4-3-8-38-25(19)36-41-26(38,16-39)20-12-21(27(29,30)31)14-22(13-20)28(32,33)34;1-2/h5-7,10-15,39H,3-4,8-9,16H2,1-2H3;1-2H3/b19-10+;. The van der Waals surface area contributed by atoms with Gasteiger partial charge in [0, 0.05) is 24.5 Å². The molecule has 3 aliphatic rings. The van der Waals surface area contributed by atoms with Gasteiger partial charge >= 0.3 is 12.4 Å². The number of amidine groups is 1. The molecule has 2 aromatic rings. The number of methoxy groups -OCH3 is 1. The Kier molecular flexibility index (Phi) is 9.14. The molecule has 0 radical (unpaired) electrons. The fourth-order valence-corrected chi connectivity index (χ4v) is 5.15. The molecule has 0 amide bonds. The van der Waals surface area contributed by atoms with Gasteiger partial charge in [-0.25, -0.2) is 0 Å². The summed E-state index contributed by atoms with van der Waals surface area (Å²) in [7, 11) is 1.54. The number of ether oxygens (including phenoxy) is 1. The lowest BCUT2D eigenvalue weighted by atomic mass is 9.92. The van der Waals surface area contributed by atoms with E-state index >= 15 is 0 Å². The molecule has 0 spiro atoms. The number of aliphatic hydroxyl groups is 1. The van der Waals surface area contributed by atoms with E-state index in [4.69, 9.17) is 9.57 Å². The number of rotatable bonds is 5. The number of benzene rings is 2. The van der Waals surface area contributed by atoms with Crippen molar-refractivity contribution in [1.29, 1.82) is 0 Å². The first-order chi connectivity index (χ1) is 20.4. The number of piperidine rings is 1. The van der Waals surface area contributed by atoms with Gasteiger partial charge in [0.05, 0.1) is 36.2 Å². The van der Waals surface area contributed by atoms with Crippen molar-refractivity contribution in [2.24, 2.45) is 10.1 Å². The highest BCUT2D eigenvalue weighted by Gasteiger charge is 2.51. The van der Waals surface area contributed by atoms with Crippen molar-refractivity contribution >= 4 is 23.8 Å². The van der Waals surface area contributed by atoms with Gasteiger partial charge in [-0.05, 0) is 67.3 Å². The second-order valence-corrected chi connectivity index (χ2v) is 9.83. The summed E-state index contributed by atoms with van der Waals surface area (Å²) in [5.41, 5.74) is -2.53. The van der Waals surface area contributed by atoms with Crippen LogP contribution in [-0.2, 0) is 22.9 Å². The molecule has 5 rings (SSSR count). The molecule has 1 unspecified atom stereocenters.